The Morgan fingerprint density at radius 2 is 1.71 bits per heavy atom. The van der Waals surface area contributed by atoms with Crippen LogP contribution in [-0.2, 0) is 9.59 Å². The molecule has 0 aromatic heterocycles. The summed E-state index contributed by atoms with van der Waals surface area (Å²) in [5.41, 5.74) is 0. The third kappa shape index (κ3) is 5.33. The number of hydrogen-bond acceptors (Lipinski definition) is 2. The molecule has 1 saturated heterocycles. The minimum Gasteiger partial charge on any atom is -0.481 e. The molecule has 0 aromatic rings. The fraction of sp³-hybridized carbons (Fsp3) is 0.882. The van der Waals surface area contributed by atoms with Crippen molar-refractivity contribution in [3.05, 3.63) is 0 Å². The van der Waals surface area contributed by atoms with Gasteiger partial charge in [-0.3, -0.25) is 9.59 Å². The molecule has 2 rings (SSSR count). The quantitative estimate of drug-likeness (QED) is 0.814. The standard InChI is InChI=1S/C17H29NO3/c19-16(11-6-9-14-7-2-1-3-8-14)18-12-5-4-10-15(18)13-17(20)21/h14-15H,1-13H2,(H,20,21). The summed E-state index contributed by atoms with van der Waals surface area (Å²) in [6.45, 7) is 0.750. The highest BCUT2D eigenvalue weighted by Crippen LogP contribution is 2.28. The SMILES string of the molecule is O=C(O)CC1CCCCN1C(=O)CCCC1CCCCC1. The van der Waals surface area contributed by atoms with Crippen molar-refractivity contribution in [1.82, 2.24) is 4.90 Å². The number of piperidine rings is 1. The van der Waals surface area contributed by atoms with Crippen molar-refractivity contribution in [2.24, 2.45) is 5.92 Å². The molecule has 1 N–H and O–H groups in total. The van der Waals surface area contributed by atoms with Gasteiger partial charge in [-0.05, 0) is 38.0 Å². The molecule has 4 heteroatoms. The summed E-state index contributed by atoms with van der Waals surface area (Å²) in [6, 6.07) is -0.0709. The van der Waals surface area contributed by atoms with Gasteiger partial charge in [0.2, 0.25) is 5.91 Å². The summed E-state index contributed by atoms with van der Waals surface area (Å²) in [5.74, 6) is 0.210. The summed E-state index contributed by atoms with van der Waals surface area (Å²) in [6.07, 6.45) is 12.5. The van der Waals surface area contributed by atoms with E-state index < -0.39 is 5.97 Å². The maximum Gasteiger partial charge on any atom is 0.305 e. The minimum absolute atomic E-state index is 0.0709. The van der Waals surface area contributed by atoms with Crippen molar-refractivity contribution in [3.8, 4) is 0 Å². The monoisotopic (exact) mass is 295 g/mol. The fourth-order valence-electron chi connectivity index (χ4n) is 3.90. The Bertz CT molecular complexity index is 350. The van der Waals surface area contributed by atoms with Crippen LogP contribution in [0.1, 0.15) is 77.0 Å². The van der Waals surface area contributed by atoms with Gasteiger partial charge in [-0.2, -0.15) is 0 Å². The third-order valence-corrected chi connectivity index (χ3v) is 5.09. The molecule has 1 amide bonds. The first-order valence-corrected chi connectivity index (χ1v) is 8.68. The summed E-state index contributed by atoms with van der Waals surface area (Å²) in [4.78, 5) is 25.1. The molecule has 1 aliphatic heterocycles. The van der Waals surface area contributed by atoms with E-state index in [4.69, 9.17) is 5.11 Å². The van der Waals surface area contributed by atoms with Crippen molar-refractivity contribution >= 4 is 11.9 Å². The molecular formula is C17H29NO3. The number of rotatable bonds is 6. The van der Waals surface area contributed by atoms with Crippen LogP contribution < -0.4 is 0 Å². The molecule has 21 heavy (non-hydrogen) atoms. The summed E-state index contributed by atoms with van der Waals surface area (Å²) < 4.78 is 0. The number of carboxylic acids is 1. The predicted octanol–water partition coefficient (Wildman–Crippen LogP) is 3.59. The average molecular weight is 295 g/mol. The van der Waals surface area contributed by atoms with Gasteiger partial charge in [0.25, 0.3) is 0 Å². The van der Waals surface area contributed by atoms with Crippen molar-refractivity contribution in [3.63, 3.8) is 0 Å². The van der Waals surface area contributed by atoms with E-state index in [0.717, 1.165) is 38.1 Å². The number of amides is 1. The topological polar surface area (TPSA) is 57.6 Å². The molecule has 0 spiro atoms. The number of aliphatic carboxylic acids is 1. The molecule has 1 unspecified atom stereocenters. The van der Waals surface area contributed by atoms with Crippen LogP contribution in [0.15, 0.2) is 0 Å². The van der Waals surface area contributed by atoms with E-state index in [9.17, 15) is 9.59 Å². The molecule has 0 aromatic carbocycles. The van der Waals surface area contributed by atoms with E-state index in [-0.39, 0.29) is 18.4 Å². The van der Waals surface area contributed by atoms with E-state index in [1.165, 1.54) is 38.5 Å². The highest BCUT2D eigenvalue weighted by Gasteiger charge is 2.28. The molecule has 2 aliphatic rings. The van der Waals surface area contributed by atoms with Crippen LogP contribution in [0.5, 0.6) is 0 Å². The lowest BCUT2D eigenvalue weighted by atomic mass is 9.85. The van der Waals surface area contributed by atoms with Gasteiger partial charge in [0.15, 0.2) is 0 Å². The van der Waals surface area contributed by atoms with Crippen LogP contribution in [0.25, 0.3) is 0 Å². The lowest BCUT2D eigenvalue weighted by Crippen LogP contribution is -2.44. The number of nitrogens with zero attached hydrogens (tertiary/aromatic N) is 1. The average Bonchev–Trinajstić information content (AvgIpc) is 2.48. The molecule has 4 nitrogen and oxygen atoms in total. The predicted molar refractivity (Wildman–Crippen MR) is 82.0 cm³/mol. The lowest BCUT2D eigenvalue weighted by Gasteiger charge is -2.35. The minimum atomic E-state index is -0.790. The first-order valence-electron chi connectivity index (χ1n) is 8.68. The Hall–Kier alpha value is -1.06. The van der Waals surface area contributed by atoms with Crippen molar-refractivity contribution in [1.29, 1.82) is 0 Å². The molecule has 0 bridgehead atoms. The second-order valence-electron chi connectivity index (χ2n) is 6.73. The van der Waals surface area contributed by atoms with E-state index in [2.05, 4.69) is 0 Å². The molecule has 1 heterocycles. The Balaban J connectivity index is 1.73. The second-order valence-corrected chi connectivity index (χ2v) is 6.73. The number of carbonyl (C=O) groups excluding carboxylic acids is 1. The zero-order valence-electron chi connectivity index (χ0n) is 13.1. The normalized spacial score (nSPS) is 24.0. The fourth-order valence-corrected chi connectivity index (χ4v) is 3.90. The van der Waals surface area contributed by atoms with Crippen molar-refractivity contribution in [2.45, 2.75) is 83.1 Å². The first kappa shape index (κ1) is 16.3. The third-order valence-electron chi connectivity index (χ3n) is 5.09. The van der Waals surface area contributed by atoms with E-state index in [0.29, 0.717) is 6.42 Å². The van der Waals surface area contributed by atoms with Crippen LogP contribution in [-0.4, -0.2) is 34.5 Å². The number of likely N-dealkylation sites (tertiary alicyclic amines) is 1. The smallest absolute Gasteiger partial charge is 0.305 e. The lowest BCUT2D eigenvalue weighted by molar-refractivity contribution is -0.142. The van der Waals surface area contributed by atoms with Crippen LogP contribution in [0.2, 0.25) is 0 Å². The van der Waals surface area contributed by atoms with Gasteiger partial charge in [0.05, 0.1) is 6.42 Å². The Morgan fingerprint density at radius 1 is 1.00 bits per heavy atom. The van der Waals surface area contributed by atoms with Crippen LogP contribution in [0.3, 0.4) is 0 Å². The van der Waals surface area contributed by atoms with E-state index in [1.807, 2.05) is 4.90 Å². The number of carboxylic acid groups (broad SMARTS) is 1. The first-order chi connectivity index (χ1) is 10.2. The molecule has 1 saturated carbocycles. The van der Waals surface area contributed by atoms with Gasteiger partial charge >= 0.3 is 5.97 Å². The van der Waals surface area contributed by atoms with Crippen molar-refractivity contribution in [2.75, 3.05) is 6.54 Å². The molecule has 120 valence electrons. The summed E-state index contributed by atoms with van der Waals surface area (Å²) >= 11 is 0. The number of hydrogen-bond donors (Lipinski definition) is 1. The molecule has 1 aliphatic carbocycles. The van der Waals surface area contributed by atoms with Gasteiger partial charge in [0.1, 0.15) is 0 Å². The largest absolute Gasteiger partial charge is 0.481 e. The molecule has 1 atom stereocenters. The van der Waals surface area contributed by atoms with Crippen LogP contribution in [0.4, 0.5) is 0 Å². The van der Waals surface area contributed by atoms with Gasteiger partial charge < -0.3 is 10.0 Å². The molecule has 2 fully saturated rings. The maximum atomic E-state index is 12.4. The summed E-state index contributed by atoms with van der Waals surface area (Å²) in [7, 11) is 0. The number of carbonyl (C=O) groups is 2. The van der Waals surface area contributed by atoms with Crippen LogP contribution in [0, 0.1) is 5.92 Å². The zero-order chi connectivity index (χ0) is 15.1. The Morgan fingerprint density at radius 3 is 2.43 bits per heavy atom. The Labute approximate surface area is 127 Å². The highest BCUT2D eigenvalue weighted by atomic mass is 16.4. The molecule has 0 radical (unpaired) electrons. The van der Waals surface area contributed by atoms with E-state index in [1.54, 1.807) is 0 Å². The van der Waals surface area contributed by atoms with E-state index >= 15 is 0 Å². The van der Waals surface area contributed by atoms with Gasteiger partial charge in [-0.25, -0.2) is 0 Å². The van der Waals surface area contributed by atoms with Crippen molar-refractivity contribution < 1.29 is 14.7 Å². The zero-order valence-corrected chi connectivity index (χ0v) is 13.1. The van der Waals surface area contributed by atoms with Gasteiger partial charge in [-0.15, -0.1) is 0 Å². The maximum absolute atomic E-state index is 12.4. The summed E-state index contributed by atoms with van der Waals surface area (Å²) in [5, 5.41) is 8.97. The van der Waals surface area contributed by atoms with Gasteiger partial charge in [0, 0.05) is 19.0 Å². The second kappa shape index (κ2) is 8.40. The van der Waals surface area contributed by atoms with Gasteiger partial charge in [-0.1, -0.05) is 32.1 Å². The van der Waals surface area contributed by atoms with Crippen LogP contribution >= 0.6 is 0 Å². The Kier molecular flexibility index (Phi) is 6.52. The molecular weight excluding hydrogens is 266 g/mol. The highest BCUT2D eigenvalue weighted by molar-refractivity contribution is 5.77.